The molecule has 41 heavy (non-hydrogen) atoms. The van der Waals surface area contributed by atoms with E-state index < -0.39 is 52.2 Å². The average molecular weight is 624 g/mol. The zero-order chi connectivity index (χ0) is 29.1. The van der Waals surface area contributed by atoms with Gasteiger partial charge in [-0.2, -0.15) is 9.97 Å². The summed E-state index contributed by atoms with van der Waals surface area (Å²) in [6, 6.07) is 14.1. The molecule has 6 N–H and O–H groups in total. The van der Waals surface area contributed by atoms with Crippen LogP contribution < -0.4 is 5.32 Å². The van der Waals surface area contributed by atoms with E-state index in [0.717, 1.165) is 23.2 Å². The second-order valence-corrected chi connectivity index (χ2v) is 14.1. The van der Waals surface area contributed by atoms with Gasteiger partial charge in [-0.05, 0) is 52.4 Å². The van der Waals surface area contributed by atoms with Crippen LogP contribution >= 0.6 is 26.8 Å². The highest BCUT2D eigenvalue weighted by molar-refractivity contribution is 7.70. The summed E-state index contributed by atoms with van der Waals surface area (Å²) in [7, 11) is -9.55. The molecule has 14 nitrogen and oxygen atoms in total. The van der Waals surface area contributed by atoms with E-state index in [1.54, 1.807) is 0 Å². The van der Waals surface area contributed by atoms with Crippen molar-refractivity contribution in [1.82, 2.24) is 19.5 Å². The minimum absolute atomic E-state index is 0.125. The number of nitrogens with one attached hydrogen (secondary N) is 1. The van der Waals surface area contributed by atoms with Gasteiger partial charge in [-0.25, -0.2) is 4.98 Å². The van der Waals surface area contributed by atoms with E-state index in [1.807, 2.05) is 30.3 Å². The monoisotopic (exact) mass is 623 g/mol. The van der Waals surface area contributed by atoms with Crippen LogP contribution in [0.25, 0.3) is 22.3 Å². The van der Waals surface area contributed by atoms with Gasteiger partial charge in [0, 0.05) is 5.69 Å². The van der Waals surface area contributed by atoms with Crippen molar-refractivity contribution in [2.75, 3.05) is 17.8 Å². The Morgan fingerprint density at radius 1 is 1.05 bits per heavy atom. The second kappa shape index (κ2) is 10.5. The van der Waals surface area contributed by atoms with Crippen LogP contribution in [0.2, 0.25) is 5.28 Å². The Morgan fingerprint density at radius 2 is 1.80 bits per heavy atom. The number of halogens is 1. The molecule has 216 valence electrons. The van der Waals surface area contributed by atoms with Crippen LogP contribution in [0.3, 0.4) is 0 Å². The summed E-state index contributed by atoms with van der Waals surface area (Å²) in [5.41, 5.74) is 5.91. The van der Waals surface area contributed by atoms with Gasteiger partial charge in [0.1, 0.15) is 18.3 Å². The van der Waals surface area contributed by atoms with E-state index in [0.29, 0.717) is 5.52 Å². The highest BCUT2D eigenvalue weighted by atomic mass is 35.5. The summed E-state index contributed by atoms with van der Waals surface area (Å²) >= 11 is 6.23. The molecular formula is C24H24ClN5O9P2. The van der Waals surface area contributed by atoms with Crippen LogP contribution in [0.4, 0.5) is 11.5 Å². The van der Waals surface area contributed by atoms with E-state index in [9.17, 15) is 24.2 Å². The van der Waals surface area contributed by atoms with Crippen molar-refractivity contribution in [2.24, 2.45) is 0 Å². The van der Waals surface area contributed by atoms with E-state index in [4.69, 9.17) is 30.6 Å². The van der Waals surface area contributed by atoms with Crippen LogP contribution in [-0.4, -0.2) is 75.2 Å². The third-order valence-electron chi connectivity index (χ3n) is 6.87. The zero-order valence-electron chi connectivity index (χ0n) is 21.0. The van der Waals surface area contributed by atoms with Crippen molar-refractivity contribution < 1.29 is 43.3 Å². The fraction of sp³-hybridized carbons (Fsp3) is 0.292. The van der Waals surface area contributed by atoms with Crippen molar-refractivity contribution in [3.63, 3.8) is 0 Å². The van der Waals surface area contributed by atoms with Crippen LogP contribution in [0.15, 0.2) is 48.8 Å². The van der Waals surface area contributed by atoms with Crippen LogP contribution in [0.5, 0.6) is 0 Å². The Kier molecular flexibility index (Phi) is 7.28. The number of rotatable bonds is 8. The van der Waals surface area contributed by atoms with Gasteiger partial charge in [-0.15, -0.1) is 0 Å². The van der Waals surface area contributed by atoms with Gasteiger partial charge in [0.25, 0.3) is 0 Å². The first-order valence-corrected chi connectivity index (χ1v) is 16.2. The maximum Gasteiger partial charge on any atom is 0.340 e. The van der Waals surface area contributed by atoms with E-state index in [-0.39, 0.29) is 16.7 Å². The summed E-state index contributed by atoms with van der Waals surface area (Å²) in [5, 5.41) is 24.3. The summed E-state index contributed by atoms with van der Waals surface area (Å²) in [4.78, 5) is 40.5. The molecule has 5 atom stereocenters. The van der Waals surface area contributed by atoms with Gasteiger partial charge in [-0.3, -0.25) is 13.7 Å². The van der Waals surface area contributed by atoms with Crippen molar-refractivity contribution in [3.05, 3.63) is 65.2 Å². The minimum atomic E-state index is -4.84. The van der Waals surface area contributed by atoms with Gasteiger partial charge in [0.05, 0.1) is 12.9 Å². The van der Waals surface area contributed by atoms with Gasteiger partial charge < -0.3 is 39.5 Å². The van der Waals surface area contributed by atoms with E-state index in [2.05, 4.69) is 32.4 Å². The Hall–Kier alpha value is -2.74. The highest BCUT2D eigenvalue weighted by Crippen LogP contribution is 2.55. The Morgan fingerprint density at radius 3 is 2.59 bits per heavy atom. The Labute approximate surface area is 237 Å². The maximum atomic E-state index is 12.0. The lowest BCUT2D eigenvalue weighted by Gasteiger charge is -2.18. The van der Waals surface area contributed by atoms with E-state index in [1.165, 1.54) is 22.0 Å². The lowest BCUT2D eigenvalue weighted by atomic mass is 10.1. The summed E-state index contributed by atoms with van der Waals surface area (Å²) in [6.07, 6.45) is -3.51. The fourth-order valence-corrected chi connectivity index (χ4v) is 7.80. The summed E-state index contributed by atoms with van der Waals surface area (Å²) in [6.45, 7) is -0.723. The first kappa shape index (κ1) is 28.4. The Bertz CT molecular complexity index is 1750. The number of hydrogen-bond acceptors (Lipinski definition) is 10. The minimum Gasteiger partial charge on any atom is -0.387 e. The molecule has 2 aromatic heterocycles. The normalized spacial score (nSPS) is 23.4. The van der Waals surface area contributed by atoms with Crippen LogP contribution in [0.1, 0.15) is 17.4 Å². The quantitative estimate of drug-likeness (QED) is 0.109. The van der Waals surface area contributed by atoms with Crippen molar-refractivity contribution in [2.45, 2.75) is 31.0 Å². The SMILES string of the molecule is O=P(O)(O)CP(=O)(O)OC[C@H]1O[C@@H](n2cnc3c(Nc4ccc5c(c4)-c4ccccc4C5)nc(Cl)nc32)[C@@H](O)[C@H]1O. The summed E-state index contributed by atoms with van der Waals surface area (Å²) < 4.78 is 34.9. The van der Waals surface area contributed by atoms with Crippen LogP contribution in [-0.2, 0) is 24.8 Å². The first-order valence-electron chi connectivity index (χ1n) is 12.3. The predicted octanol–water partition coefficient (Wildman–Crippen LogP) is 2.75. The number of benzene rings is 2. The molecule has 1 aliphatic heterocycles. The van der Waals surface area contributed by atoms with Crippen molar-refractivity contribution >= 4 is 49.5 Å². The largest absolute Gasteiger partial charge is 0.387 e. The standard InChI is InChI=1S/C24H24ClN5O9P2/c25-24-28-21(27-14-6-5-13-7-12-3-1-2-4-15(12)16(13)8-14)18-22(29-24)30(10-26-18)23-20(32)19(31)17(39-23)9-38-41(36,37)11-40(33,34)35/h1-6,8,10,17,19-20,23,31-32H,7,9,11H2,(H,36,37)(H,27,28,29)(H2,33,34,35)/t17-,19+,20+,23-/m1/s1. The van der Waals surface area contributed by atoms with E-state index >= 15 is 0 Å². The molecule has 0 saturated carbocycles. The predicted molar refractivity (Wildman–Crippen MR) is 147 cm³/mol. The van der Waals surface area contributed by atoms with Gasteiger partial charge >= 0.3 is 15.2 Å². The molecular weight excluding hydrogens is 600 g/mol. The maximum absolute atomic E-state index is 12.0. The molecule has 0 radical (unpaired) electrons. The molecule has 1 aliphatic carbocycles. The molecule has 0 bridgehead atoms. The molecule has 0 spiro atoms. The molecule has 1 fully saturated rings. The Balaban J connectivity index is 1.24. The molecule has 2 aliphatic rings. The number of hydrogen-bond donors (Lipinski definition) is 6. The molecule has 17 heteroatoms. The third-order valence-corrected chi connectivity index (χ3v) is 10.5. The zero-order valence-corrected chi connectivity index (χ0v) is 23.5. The second-order valence-electron chi connectivity index (χ2n) is 9.78. The number of anilines is 2. The molecule has 4 aromatic rings. The van der Waals surface area contributed by atoms with Gasteiger partial charge in [-0.1, -0.05) is 30.3 Å². The molecule has 1 saturated heterocycles. The topological polar surface area (TPSA) is 209 Å². The number of aliphatic hydroxyl groups excluding tert-OH is 2. The molecule has 2 aromatic carbocycles. The molecule has 0 amide bonds. The lowest BCUT2D eigenvalue weighted by Crippen LogP contribution is -2.33. The van der Waals surface area contributed by atoms with Crippen LogP contribution in [0, 0.1) is 0 Å². The smallest absolute Gasteiger partial charge is 0.340 e. The third kappa shape index (κ3) is 5.69. The van der Waals surface area contributed by atoms with Gasteiger partial charge in [0.15, 0.2) is 29.1 Å². The van der Waals surface area contributed by atoms with Gasteiger partial charge in [0.2, 0.25) is 5.28 Å². The number of imidazole rings is 1. The number of ether oxygens (including phenoxy) is 1. The molecule has 1 unspecified atom stereocenters. The number of aromatic nitrogens is 4. The number of aliphatic hydroxyl groups is 2. The molecule has 3 heterocycles. The average Bonchev–Trinajstić information content (AvgIpc) is 3.55. The first-order chi connectivity index (χ1) is 19.4. The highest BCUT2D eigenvalue weighted by Gasteiger charge is 2.45. The fourth-order valence-electron chi connectivity index (χ4n) is 5.06. The van der Waals surface area contributed by atoms with Crippen molar-refractivity contribution in [3.8, 4) is 11.1 Å². The summed E-state index contributed by atoms with van der Waals surface area (Å²) in [5.74, 6) is -1.11. The number of nitrogens with zero attached hydrogens (tertiary/aromatic N) is 4. The number of fused-ring (bicyclic) bond motifs is 4. The lowest BCUT2D eigenvalue weighted by molar-refractivity contribution is -0.0483. The molecule has 6 rings (SSSR count). The van der Waals surface area contributed by atoms with Crippen molar-refractivity contribution in [1.29, 1.82) is 0 Å².